The number of para-hydroxylation sites is 1. The molecule has 2 aromatic rings. The Kier molecular flexibility index (Phi) is 5.42. The molecule has 4 heteroatoms. The Bertz CT molecular complexity index is 622. The van der Waals surface area contributed by atoms with Crippen LogP contribution in [0, 0.1) is 0 Å². The Hall–Kier alpha value is -2.49. The number of hydrogen-bond donors (Lipinski definition) is 1. The van der Waals surface area contributed by atoms with E-state index in [2.05, 4.69) is 0 Å². The van der Waals surface area contributed by atoms with Gasteiger partial charge in [0.05, 0.1) is 20.6 Å². The van der Waals surface area contributed by atoms with Crippen LogP contribution in [0.4, 0.5) is 0 Å². The Labute approximate surface area is 130 Å². The van der Waals surface area contributed by atoms with Gasteiger partial charge in [0.2, 0.25) is 0 Å². The van der Waals surface area contributed by atoms with Crippen LogP contribution in [0.3, 0.4) is 0 Å². The Morgan fingerprint density at radius 1 is 1.05 bits per heavy atom. The van der Waals surface area contributed by atoms with E-state index in [4.69, 9.17) is 9.47 Å². The molecule has 0 saturated heterocycles. The van der Waals surface area contributed by atoms with Crippen molar-refractivity contribution in [2.45, 2.75) is 18.8 Å². The predicted molar refractivity (Wildman–Crippen MR) is 84.7 cm³/mol. The lowest BCUT2D eigenvalue weighted by molar-refractivity contribution is -0.137. The fraction of sp³-hybridized carbons (Fsp3) is 0.278. The molecule has 2 aromatic carbocycles. The molecule has 0 spiro atoms. The molecule has 0 bridgehead atoms. The second kappa shape index (κ2) is 7.50. The highest BCUT2D eigenvalue weighted by Gasteiger charge is 2.19. The van der Waals surface area contributed by atoms with Crippen molar-refractivity contribution in [2.75, 3.05) is 14.2 Å². The van der Waals surface area contributed by atoms with Gasteiger partial charge < -0.3 is 14.6 Å². The Morgan fingerprint density at radius 2 is 1.77 bits per heavy atom. The molecule has 1 N–H and O–H groups in total. The molecule has 1 atom stereocenters. The molecule has 0 heterocycles. The Balaban J connectivity index is 2.33. The maximum absolute atomic E-state index is 11.2. The van der Waals surface area contributed by atoms with Crippen molar-refractivity contribution in [1.29, 1.82) is 0 Å². The van der Waals surface area contributed by atoms with Crippen LogP contribution >= 0.6 is 0 Å². The van der Waals surface area contributed by atoms with Crippen LogP contribution in [0.2, 0.25) is 0 Å². The van der Waals surface area contributed by atoms with E-state index in [1.54, 1.807) is 14.2 Å². The van der Waals surface area contributed by atoms with Crippen molar-refractivity contribution in [2.24, 2.45) is 0 Å². The molecular formula is C18H20O4. The highest BCUT2D eigenvalue weighted by Crippen LogP contribution is 2.35. The van der Waals surface area contributed by atoms with Gasteiger partial charge in [-0.1, -0.05) is 42.5 Å². The lowest BCUT2D eigenvalue weighted by Gasteiger charge is -2.18. The van der Waals surface area contributed by atoms with E-state index in [0.717, 1.165) is 11.1 Å². The largest absolute Gasteiger partial charge is 0.493 e. The average Bonchev–Trinajstić information content (AvgIpc) is 2.54. The van der Waals surface area contributed by atoms with Gasteiger partial charge in [0.25, 0.3) is 0 Å². The summed E-state index contributed by atoms with van der Waals surface area (Å²) < 4.78 is 10.7. The van der Waals surface area contributed by atoms with Crippen LogP contribution in [0.5, 0.6) is 11.5 Å². The zero-order valence-corrected chi connectivity index (χ0v) is 12.8. The fourth-order valence-corrected chi connectivity index (χ4v) is 2.62. The minimum atomic E-state index is -0.810. The van der Waals surface area contributed by atoms with Crippen LogP contribution in [0.25, 0.3) is 0 Å². The van der Waals surface area contributed by atoms with Crippen molar-refractivity contribution < 1.29 is 19.4 Å². The molecule has 1 unspecified atom stereocenters. The van der Waals surface area contributed by atoms with E-state index in [9.17, 15) is 9.90 Å². The maximum Gasteiger partial charge on any atom is 0.303 e. The molecular weight excluding hydrogens is 280 g/mol. The number of carbonyl (C=O) groups is 1. The number of hydrogen-bond acceptors (Lipinski definition) is 3. The molecule has 0 aromatic heterocycles. The van der Waals surface area contributed by atoms with Crippen LogP contribution in [-0.2, 0) is 11.2 Å². The van der Waals surface area contributed by atoms with Crippen molar-refractivity contribution in [3.63, 3.8) is 0 Å². The normalized spacial score (nSPS) is 11.7. The van der Waals surface area contributed by atoms with E-state index < -0.39 is 5.97 Å². The van der Waals surface area contributed by atoms with Crippen molar-refractivity contribution in [1.82, 2.24) is 0 Å². The molecule has 0 amide bonds. The third kappa shape index (κ3) is 3.79. The molecule has 4 nitrogen and oxygen atoms in total. The third-order valence-corrected chi connectivity index (χ3v) is 3.64. The molecule has 0 aliphatic rings. The second-order valence-corrected chi connectivity index (χ2v) is 5.06. The first-order valence-corrected chi connectivity index (χ1v) is 7.12. The van der Waals surface area contributed by atoms with Crippen LogP contribution in [0.1, 0.15) is 23.5 Å². The summed E-state index contributed by atoms with van der Waals surface area (Å²) in [5.41, 5.74) is 1.95. The zero-order chi connectivity index (χ0) is 15.9. The molecule has 0 radical (unpaired) electrons. The molecule has 0 fully saturated rings. The number of methoxy groups -OCH3 is 2. The molecule has 0 aliphatic heterocycles. The van der Waals surface area contributed by atoms with Gasteiger partial charge in [-0.15, -0.1) is 0 Å². The van der Waals surface area contributed by atoms with E-state index >= 15 is 0 Å². The summed E-state index contributed by atoms with van der Waals surface area (Å²) in [5, 5.41) is 9.19. The number of rotatable bonds is 7. The number of carboxylic acids is 1. The molecule has 116 valence electrons. The highest BCUT2D eigenvalue weighted by atomic mass is 16.5. The standard InChI is InChI=1S/C18H20O4/c1-21-16-10-6-9-14(18(16)22-2)11-15(12-17(19)20)13-7-4-3-5-8-13/h3-10,15H,11-12H2,1-2H3,(H,19,20). The van der Waals surface area contributed by atoms with Gasteiger partial charge in [-0.2, -0.15) is 0 Å². The maximum atomic E-state index is 11.2. The van der Waals surface area contributed by atoms with E-state index in [-0.39, 0.29) is 12.3 Å². The zero-order valence-electron chi connectivity index (χ0n) is 12.8. The van der Waals surface area contributed by atoms with Crippen LogP contribution < -0.4 is 9.47 Å². The van der Waals surface area contributed by atoms with Crippen molar-refractivity contribution in [3.8, 4) is 11.5 Å². The monoisotopic (exact) mass is 300 g/mol. The smallest absolute Gasteiger partial charge is 0.303 e. The molecule has 2 rings (SSSR count). The lowest BCUT2D eigenvalue weighted by Crippen LogP contribution is -2.10. The molecule has 0 saturated carbocycles. The molecule has 0 aliphatic carbocycles. The van der Waals surface area contributed by atoms with Gasteiger partial charge >= 0.3 is 5.97 Å². The summed E-state index contributed by atoms with van der Waals surface area (Å²) in [6.45, 7) is 0. The number of carboxylic acid groups (broad SMARTS) is 1. The SMILES string of the molecule is COc1cccc(CC(CC(=O)O)c2ccccc2)c1OC. The van der Waals surface area contributed by atoms with E-state index in [1.807, 2.05) is 48.5 Å². The summed E-state index contributed by atoms with van der Waals surface area (Å²) in [5.74, 6) is 0.397. The number of ether oxygens (including phenoxy) is 2. The van der Waals surface area contributed by atoms with Gasteiger partial charge in [0.15, 0.2) is 11.5 Å². The number of benzene rings is 2. The Morgan fingerprint density at radius 3 is 2.36 bits per heavy atom. The topological polar surface area (TPSA) is 55.8 Å². The average molecular weight is 300 g/mol. The predicted octanol–water partition coefficient (Wildman–Crippen LogP) is 3.50. The quantitative estimate of drug-likeness (QED) is 0.850. The first-order valence-electron chi connectivity index (χ1n) is 7.12. The summed E-state index contributed by atoms with van der Waals surface area (Å²) in [6.07, 6.45) is 0.654. The highest BCUT2D eigenvalue weighted by molar-refractivity contribution is 5.68. The molecule has 22 heavy (non-hydrogen) atoms. The van der Waals surface area contributed by atoms with E-state index in [1.165, 1.54) is 0 Å². The minimum Gasteiger partial charge on any atom is -0.493 e. The van der Waals surface area contributed by atoms with Gasteiger partial charge in [-0.25, -0.2) is 0 Å². The van der Waals surface area contributed by atoms with Crippen molar-refractivity contribution in [3.05, 3.63) is 59.7 Å². The van der Waals surface area contributed by atoms with E-state index in [0.29, 0.717) is 17.9 Å². The summed E-state index contributed by atoms with van der Waals surface area (Å²) in [4.78, 5) is 11.2. The van der Waals surface area contributed by atoms with Crippen LogP contribution in [0.15, 0.2) is 48.5 Å². The lowest BCUT2D eigenvalue weighted by atomic mass is 9.89. The van der Waals surface area contributed by atoms with Gasteiger partial charge in [0, 0.05) is 0 Å². The van der Waals surface area contributed by atoms with Gasteiger partial charge in [-0.3, -0.25) is 4.79 Å². The van der Waals surface area contributed by atoms with Gasteiger partial charge in [-0.05, 0) is 29.5 Å². The third-order valence-electron chi connectivity index (χ3n) is 3.64. The summed E-state index contributed by atoms with van der Waals surface area (Å²) in [7, 11) is 3.18. The summed E-state index contributed by atoms with van der Waals surface area (Å²) >= 11 is 0. The minimum absolute atomic E-state index is 0.0738. The summed E-state index contributed by atoms with van der Waals surface area (Å²) in [6, 6.07) is 15.4. The first kappa shape index (κ1) is 15.9. The number of aliphatic carboxylic acids is 1. The van der Waals surface area contributed by atoms with Gasteiger partial charge in [0.1, 0.15) is 0 Å². The van der Waals surface area contributed by atoms with Crippen LogP contribution in [-0.4, -0.2) is 25.3 Å². The fourth-order valence-electron chi connectivity index (χ4n) is 2.62. The first-order chi connectivity index (χ1) is 10.7. The second-order valence-electron chi connectivity index (χ2n) is 5.06. The van der Waals surface area contributed by atoms with Crippen molar-refractivity contribution >= 4 is 5.97 Å².